The van der Waals surface area contributed by atoms with Gasteiger partial charge in [-0.2, -0.15) is 13.2 Å². The Morgan fingerprint density at radius 3 is 2.28 bits per heavy atom. The summed E-state index contributed by atoms with van der Waals surface area (Å²) in [7, 11) is 0. The number of halogens is 3. The molecule has 11 heteroatoms. The van der Waals surface area contributed by atoms with E-state index in [1.165, 1.54) is 23.5 Å². The van der Waals surface area contributed by atoms with Crippen molar-refractivity contribution in [2.75, 3.05) is 26.2 Å². The van der Waals surface area contributed by atoms with E-state index in [-0.39, 0.29) is 29.6 Å². The zero-order valence-electron chi connectivity index (χ0n) is 26.4. The average Bonchev–Trinajstić information content (AvgIpc) is 3.53. The number of hydrogen-bond acceptors (Lipinski definition) is 6. The molecule has 3 heterocycles. The van der Waals surface area contributed by atoms with Gasteiger partial charge in [0.1, 0.15) is 11.3 Å². The van der Waals surface area contributed by atoms with Crippen LogP contribution in [0.5, 0.6) is 0 Å². The highest BCUT2D eigenvalue weighted by Gasteiger charge is 2.32. The molecule has 2 saturated heterocycles. The molecule has 0 spiro atoms. The van der Waals surface area contributed by atoms with Crippen LogP contribution in [0.15, 0.2) is 53.9 Å². The molecular formula is C35H40F3N3O4S. The summed E-state index contributed by atoms with van der Waals surface area (Å²) in [4.78, 5) is 47.4. The third kappa shape index (κ3) is 8.34. The molecule has 2 aromatic carbocycles. The van der Waals surface area contributed by atoms with Crippen LogP contribution in [-0.2, 0) is 15.7 Å². The molecule has 1 unspecified atom stereocenters. The summed E-state index contributed by atoms with van der Waals surface area (Å²) in [6, 6.07) is 11.9. The van der Waals surface area contributed by atoms with Crippen LogP contribution < -0.4 is 0 Å². The highest BCUT2D eigenvalue weighted by Crippen LogP contribution is 2.34. The van der Waals surface area contributed by atoms with Gasteiger partial charge in [-0.15, -0.1) is 11.3 Å². The van der Waals surface area contributed by atoms with Gasteiger partial charge < -0.3 is 14.5 Å². The van der Waals surface area contributed by atoms with Gasteiger partial charge in [-0.25, -0.2) is 4.98 Å². The van der Waals surface area contributed by atoms with Crippen molar-refractivity contribution in [3.8, 4) is 11.1 Å². The number of thiazole rings is 1. The normalized spacial score (nSPS) is 18.0. The summed E-state index contributed by atoms with van der Waals surface area (Å²) in [5.41, 5.74) is 0.797. The third-order valence-corrected chi connectivity index (χ3v) is 9.54. The second-order valence-corrected chi connectivity index (χ2v) is 14.0. The predicted octanol–water partition coefficient (Wildman–Crippen LogP) is 7.82. The monoisotopic (exact) mass is 655 g/mol. The van der Waals surface area contributed by atoms with E-state index in [9.17, 15) is 27.6 Å². The first-order chi connectivity index (χ1) is 21.8. The van der Waals surface area contributed by atoms with Crippen molar-refractivity contribution < 1.29 is 32.3 Å². The second kappa shape index (κ2) is 13.9. The van der Waals surface area contributed by atoms with E-state index in [2.05, 4.69) is 0 Å². The summed E-state index contributed by atoms with van der Waals surface area (Å²) in [6.07, 6.45) is -0.140. The van der Waals surface area contributed by atoms with Gasteiger partial charge in [-0.05, 0) is 88.1 Å². The zero-order valence-corrected chi connectivity index (χ0v) is 27.3. The van der Waals surface area contributed by atoms with Crippen LogP contribution in [0.3, 0.4) is 0 Å². The summed E-state index contributed by atoms with van der Waals surface area (Å²) in [5, 5.41) is 2.71. The van der Waals surface area contributed by atoms with E-state index in [1.54, 1.807) is 29.2 Å². The molecule has 0 aliphatic carbocycles. The van der Waals surface area contributed by atoms with Crippen LogP contribution in [0.2, 0.25) is 0 Å². The number of amides is 2. The lowest BCUT2D eigenvalue weighted by Crippen LogP contribution is -2.40. The Kier molecular flexibility index (Phi) is 10.2. The first-order valence-corrected chi connectivity index (χ1v) is 16.7. The number of esters is 1. The number of alkyl halides is 3. The van der Waals surface area contributed by atoms with Crippen molar-refractivity contribution >= 4 is 29.1 Å². The fourth-order valence-corrected chi connectivity index (χ4v) is 7.16. The molecule has 3 aromatic rings. The number of rotatable bonds is 7. The lowest BCUT2D eigenvalue weighted by molar-refractivity contribution is -0.155. The minimum Gasteiger partial charge on any atom is -0.460 e. The second-order valence-electron chi connectivity index (χ2n) is 13.1. The lowest BCUT2D eigenvalue weighted by Gasteiger charge is -2.32. The maximum atomic E-state index is 13.6. The Morgan fingerprint density at radius 1 is 0.913 bits per heavy atom. The van der Waals surface area contributed by atoms with E-state index >= 15 is 0 Å². The molecule has 2 amide bonds. The van der Waals surface area contributed by atoms with Crippen LogP contribution in [0.25, 0.3) is 11.1 Å². The number of carbonyl (C=O) groups is 3. The topological polar surface area (TPSA) is 79.8 Å². The molecule has 0 radical (unpaired) electrons. The van der Waals surface area contributed by atoms with Crippen LogP contribution >= 0.6 is 11.3 Å². The van der Waals surface area contributed by atoms with Crippen LogP contribution in [-0.4, -0.2) is 64.3 Å². The third-order valence-electron chi connectivity index (χ3n) is 8.54. The maximum absolute atomic E-state index is 13.6. The minimum absolute atomic E-state index is 0.0862. The van der Waals surface area contributed by atoms with Gasteiger partial charge in [0.25, 0.3) is 11.8 Å². The Labute approximate surface area is 271 Å². The summed E-state index contributed by atoms with van der Waals surface area (Å²) in [6.45, 7) is 7.86. The molecule has 0 bridgehead atoms. The van der Waals surface area contributed by atoms with Gasteiger partial charge in [0, 0.05) is 49.5 Å². The number of benzene rings is 2. The van der Waals surface area contributed by atoms with E-state index in [0.717, 1.165) is 30.0 Å². The highest BCUT2D eigenvalue weighted by molar-refractivity contribution is 7.09. The van der Waals surface area contributed by atoms with Crippen LogP contribution in [0.4, 0.5) is 13.2 Å². The number of carbonyl (C=O) groups excluding carboxylic acids is 3. The lowest BCUT2D eigenvalue weighted by atomic mass is 9.93. The van der Waals surface area contributed by atoms with Gasteiger partial charge >= 0.3 is 12.1 Å². The largest absolute Gasteiger partial charge is 0.460 e. The zero-order chi connectivity index (χ0) is 33.1. The van der Waals surface area contributed by atoms with Gasteiger partial charge in [0.15, 0.2) is 0 Å². The molecule has 2 aliphatic rings. The molecular weight excluding hydrogens is 615 g/mol. The standard InChI is InChI=1S/C35H40F3N3O4S/c1-34(2,3)45-30(42)15-10-23-7-6-18-41(21-23)33(44)29-22-46-31(39-29)25-16-19-40(20-17-25)32(43)28-9-5-4-8-27(28)24-11-13-26(14-12-24)35(36,37)38/h4-5,8-9,11-14,22-23,25H,6-7,10,15-21H2,1-3H3. The van der Waals surface area contributed by atoms with Gasteiger partial charge in [-0.1, -0.05) is 30.3 Å². The Morgan fingerprint density at radius 2 is 1.61 bits per heavy atom. The Bertz CT molecular complexity index is 1540. The number of hydrogen-bond donors (Lipinski definition) is 0. The fraction of sp³-hybridized carbons (Fsp3) is 0.486. The highest BCUT2D eigenvalue weighted by atomic mass is 32.1. The molecule has 0 saturated carbocycles. The molecule has 1 aromatic heterocycles. The fourth-order valence-electron chi connectivity index (χ4n) is 6.19. The number of aromatic nitrogens is 1. The maximum Gasteiger partial charge on any atom is 0.416 e. The number of nitrogens with zero attached hydrogens (tertiary/aromatic N) is 3. The van der Waals surface area contributed by atoms with E-state index in [0.29, 0.717) is 74.2 Å². The van der Waals surface area contributed by atoms with Crippen molar-refractivity contribution in [3.63, 3.8) is 0 Å². The quantitative estimate of drug-likeness (QED) is 0.243. The number of ether oxygens (including phenoxy) is 1. The number of piperidine rings is 2. The SMILES string of the molecule is CC(C)(C)OC(=O)CCC1CCCN(C(=O)c2csc(C3CCN(C(=O)c4ccccc4-c4ccc(C(F)(F)F)cc4)CC3)n2)C1. The van der Waals surface area contributed by atoms with Crippen molar-refractivity contribution in [1.82, 2.24) is 14.8 Å². The molecule has 2 fully saturated rings. The summed E-state index contributed by atoms with van der Waals surface area (Å²) < 4.78 is 44.6. The smallest absolute Gasteiger partial charge is 0.416 e. The van der Waals surface area contributed by atoms with Crippen molar-refractivity contribution in [2.45, 2.75) is 77.0 Å². The predicted molar refractivity (Wildman–Crippen MR) is 171 cm³/mol. The van der Waals surface area contributed by atoms with E-state index in [4.69, 9.17) is 9.72 Å². The molecule has 246 valence electrons. The molecule has 46 heavy (non-hydrogen) atoms. The van der Waals surface area contributed by atoms with E-state index in [1.807, 2.05) is 31.1 Å². The molecule has 2 aliphatic heterocycles. The number of likely N-dealkylation sites (tertiary alicyclic amines) is 2. The van der Waals surface area contributed by atoms with Crippen molar-refractivity contribution in [1.29, 1.82) is 0 Å². The van der Waals surface area contributed by atoms with Gasteiger partial charge in [0.2, 0.25) is 0 Å². The van der Waals surface area contributed by atoms with Gasteiger partial charge in [0.05, 0.1) is 10.6 Å². The Hall–Kier alpha value is -3.73. The first kappa shape index (κ1) is 33.6. The van der Waals surface area contributed by atoms with Crippen LogP contribution in [0, 0.1) is 5.92 Å². The van der Waals surface area contributed by atoms with E-state index < -0.39 is 17.3 Å². The molecule has 1 atom stereocenters. The first-order valence-electron chi connectivity index (χ1n) is 15.8. The van der Waals surface area contributed by atoms with Crippen molar-refractivity contribution in [2.24, 2.45) is 5.92 Å². The summed E-state index contributed by atoms with van der Waals surface area (Å²) >= 11 is 1.47. The van der Waals surface area contributed by atoms with Gasteiger partial charge in [-0.3, -0.25) is 14.4 Å². The molecule has 0 N–H and O–H groups in total. The minimum atomic E-state index is -4.43. The van der Waals surface area contributed by atoms with Crippen LogP contribution in [0.1, 0.15) is 96.6 Å². The Balaban J connectivity index is 1.16. The molecule has 7 nitrogen and oxygen atoms in total. The molecule has 5 rings (SSSR count). The average molecular weight is 656 g/mol. The van der Waals surface area contributed by atoms with Crippen molar-refractivity contribution in [3.05, 3.63) is 75.7 Å². The summed E-state index contributed by atoms with van der Waals surface area (Å²) in [5.74, 6) is -0.0818.